The zero-order valence-electron chi connectivity index (χ0n) is 9.93. The van der Waals surface area contributed by atoms with Crippen LogP contribution in [0.4, 0.5) is 13.2 Å². The van der Waals surface area contributed by atoms with Gasteiger partial charge in [0.25, 0.3) is 0 Å². The summed E-state index contributed by atoms with van der Waals surface area (Å²) in [6.45, 7) is 2.86. The van der Waals surface area contributed by atoms with Gasteiger partial charge in [-0.05, 0) is 25.6 Å². The monoisotopic (exact) mass is 246 g/mol. The predicted octanol–water partition coefficient (Wildman–Crippen LogP) is 2.40. The lowest BCUT2D eigenvalue weighted by Gasteiger charge is -2.16. The number of benzene rings is 1. The van der Waals surface area contributed by atoms with Gasteiger partial charge in [-0.15, -0.1) is 0 Å². The van der Waals surface area contributed by atoms with Crippen molar-refractivity contribution in [1.29, 1.82) is 0 Å². The van der Waals surface area contributed by atoms with Crippen molar-refractivity contribution in [3.8, 4) is 0 Å². The number of nitrogens with one attached hydrogen (secondary N) is 2. The van der Waals surface area contributed by atoms with E-state index in [2.05, 4.69) is 10.6 Å². The largest absolute Gasteiger partial charge is 0.416 e. The summed E-state index contributed by atoms with van der Waals surface area (Å²) in [4.78, 5) is 0. The Hall–Kier alpha value is -1.07. The summed E-state index contributed by atoms with van der Waals surface area (Å²) >= 11 is 0. The second-order valence-corrected chi connectivity index (χ2v) is 3.99. The SMILES string of the molecule is CNCC(C)NCc1ccccc1C(F)(F)F. The van der Waals surface area contributed by atoms with Gasteiger partial charge in [-0.2, -0.15) is 13.2 Å². The molecule has 2 nitrogen and oxygen atoms in total. The van der Waals surface area contributed by atoms with Gasteiger partial charge in [-0.1, -0.05) is 18.2 Å². The Labute approximate surface area is 99.2 Å². The van der Waals surface area contributed by atoms with Crippen LogP contribution in [0.2, 0.25) is 0 Å². The molecule has 1 aromatic carbocycles. The fourth-order valence-corrected chi connectivity index (χ4v) is 1.61. The number of likely N-dealkylation sites (N-methyl/N-ethyl adjacent to an activating group) is 1. The summed E-state index contributed by atoms with van der Waals surface area (Å²) in [5, 5.41) is 6.01. The van der Waals surface area contributed by atoms with Crippen LogP contribution in [0.25, 0.3) is 0 Å². The molecule has 1 aromatic rings. The number of hydrogen-bond donors (Lipinski definition) is 2. The van der Waals surface area contributed by atoms with Crippen LogP contribution in [-0.4, -0.2) is 19.6 Å². The summed E-state index contributed by atoms with van der Waals surface area (Å²) in [7, 11) is 1.81. The summed E-state index contributed by atoms with van der Waals surface area (Å²) in [5.41, 5.74) is -0.285. The summed E-state index contributed by atoms with van der Waals surface area (Å²) in [6.07, 6.45) is -4.29. The molecule has 0 aliphatic carbocycles. The standard InChI is InChI=1S/C12H17F3N2/c1-9(7-16-2)17-8-10-5-3-4-6-11(10)12(13,14)15/h3-6,9,16-17H,7-8H2,1-2H3. The average Bonchev–Trinajstić information content (AvgIpc) is 2.26. The van der Waals surface area contributed by atoms with E-state index < -0.39 is 11.7 Å². The highest BCUT2D eigenvalue weighted by Crippen LogP contribution is 2.31. The summed E-state index contributed by atoms with van der Waals surface area (Å²) < 4.78 is 38.0. The van der Waals surface area contributed by atoms with Crippen molar-refractivity contribution in [2.45, 2.75) is 25.7 Å². The van der Waals surface area contributed by atoms with E-state index in [9.17, 15) is 13.2 Å². The van der Waals surface area contributed by atoms with Crippen LogP contribution in [0.3, 0.4) is 0 Å². The van der Waals surface area contributed by atoms with E-state index in [1.807, 2.05) is 14.0 Å². The van der Waals surface area contributed by atoms with Crippen molar-refractivity contribution in [2.75, 3.05) is 13.6 Å². The first kappa shape index (κ1) is 14.0. The zero-order chi connectivity index (χ0) is 12.9. The Morgan fingerprint density at radius 2 is 1.88 bits per heavy atom. The Morgan fingerprint density at radius 1 is 1.24 bits per heavy atom. The van der Waals surface area contributed by atoms with Gasteiger partial charge in [0.05, 0.1) is 5.56 Å². The second kappa shape index (κ2) is 6.02. The molecule has 0 amide bonds. The lowest BCUT2D eigenvalue weighted by Crippen LogP contribution is -2.34. The first-order valence-electron chi connectivity index (χ1n) is 5.48. The van der Waals surface area contributed by atoms with E-state index in [0.29, 0.717) is 6.54 Å². The second-order valence-electron chi connectivity index (χ2n) is 3.99. The molecule has 1 rings (SSSR count). The molecule has 1 unspecified atom stereocenters. The molecule has 1 atom stereocenters. The summed E-state index contributed by atoms with van der Waals surface area (Å²) in [6, 6.07) is 5.77. The van der Waals surface area contributed by atoms with Gasteiger partial charge in [0.1, 0.15) is 0 Å². The quantitative estimate of drug-likeness (QED) is 0.833. The molecule has 96 valence electrons. The van der Waals surface area contributed by atoms with Gasteiger partial charge in [0, 0.05) is 19.1 Å². The minimum atomic E-state index is -4.29. The van der Waals surface area contributed by atoms with Crippen molar-refractivity contribution in [3.63, 3.8) is 0 Å². The minimum absolute atomic E-state index is 0.126. The molecule has 5 heteroatoms. The van der Waals surface area contributed by atoms with Crippen LogP contribution in [-0.2, 0) is 12.7 Å². The maximum absolute atomic E-state index is 12.7. The average molecular weight is 246 g/mol. The van der Waals surface area contributed by atoms with E-state index in [0.717, 1.165) is 6.07 Å². The number of alkyl halides is 3. The molecular formula is C12H17F3N2. The third-order valence-electron chi connectivity index (χ3n) is 2.47. The molecule has 0 spiro atoms. The Kier molecular flexibility index (Phi) is 4.96. The molecule has 17 heavy (non-hydrogen) atoms. The van der Waals surface area contributed by atoms with Crippen LogP contribution in [0, 0.1) is 0 Å². The van der Waals surface area contributed by atoms with E-state index in [1.165, 1.54) is 12.1 Å². The highest BCUT2D eigenvalue weighted by molar-refractivity contribution is 5.29. The Balaban J connectivity index is 2.71. The highest BCUT2D eigenvalue weighted by Gasteiger charge is 2.32. The van der Waals surface area contributed by atoms with E-state index in [4.69, 9.17) is 0 Å². The van der Waals surface area contributed by atoms with Gasteiger partial charge < -0.3 is 10.6 Å². The van der Waals surface area contributed by atoms with Gasteiger partial charge in [-0.25, -0.2) is 0 Å². The lowest BCUT2D eigenvalue weighted by molar-refractivity contribution is -0.138. The smallest absolute Gasteiger partial charge is 0.318 e. The maximum Gasteiger partial charge on any atom is 0.416 e. The van der Waals surface area contributed by atoms with Gasteiger partial charge in [-0.3, -0.25) is 0 Å². The maximum atomic E-state index is 12.7. The Morgan fingerprint density at radius 3 is 2.47 bits per heavy atom. The molecule has 0 aliphatic heterocycles. The van der Waals surface area contributed by atoms with Crippen LogP contribution >= 0.6 is 0 Å². The third-order valence-corrected chi connectivity index (χ3v) is 2.47. The predicted molar refractivity (Wildman–Crippen MR) is 61.7 cm³/mol. The van der Waals surface area contributed by atoms with E-state index in [-0.39, 0.29) is 18.2 Å². The van der Waals surface area contributed by atoms with Crippen molar-refractivity contribution in [1.82, 2.24) is 10.6 Å². The third kappa shape index (κ3) is 4.36. The molecule has 0 aromatic heterocycles. The van der Waals surface area contributed by atoms with Gasteiger partial charge in [0.15, 0.2) is 0 Å². The fraction of sp³-hybridized carbons (Fsp3) is 0.500. The first-order valence-corrected chi connectivity index (χ1v) is 5.48. The summed E-state index contributed by atoms with van der Waals surface area (Å²) in [5.74, 6) is 0. The molecule has 0 saturated carbocycles. The number of rotatable bonds is 5. The molecule has 0 aliphatic rings. The molecule has 0 radical (unpaired) electrons. The van der Waals surface area contributed by atoms with Crippen molar-refractivity contribution in [2.24, 2.45) is 0 Å². The molecule has 0 heterocycles. The van der Waals surface area contributed by atoms with Crippen LogP contribution in [0.15, 0.2) is 24.3 Å². The minimum Gasteiger partial charge on any atom is -0.318 e. The van der Waals surface area contributed by atoms with Crippen molar-refractivity contribution < 1.29 is 13.2 Å². The van der Waals surface area contributed by atoms with Gasteiger partial charge >= 0.3 is 6.18 Å². The molecule has 0 bridgehead atoms. The van der Waals surface area contributed by atoms with E-state index in [1.54, 1.807) is 6.07 Å². The topological polar surface area (TPSA) is 24.1 Å². The fourth-order valence-electron chi connectivity index (χ4n) is 1.61. The van der Waals surface area contributed by atoms with Crippen molar-refractivity contribution in [3.05, 3.63) is 35.4 Å². The first-order chi connectivity index (χ1) is 7.95. The number of hydrogen-bond acceptors (Lipinski definition) is 2. The Bertz CT molecular complexity index is 350. The highest BCUT2D eigenvalue weighted by atomic mass is 19.4. The zero-order valence-corrected chi connectivity index (χ0v) is 9.93. The van der Waals surface area contributed by atoms with Gasteiger partial charge in [0.2, 0.25) is 0 Å². The lowest BCUT2D eigenvalue weighted by atomic mass is 10.1. The van der Waals surface area contributed by atoms with Crippen molar-refractivity contribution >= 4 is 0 Å². The van der Waals surface area contributed by atoms with Crippen LogP contribution in [0.1, 0.15) is 18.1 Å². The molecular weight excluding hydrogens is 229 g/mol. The molecule has 0 fully saturated rings. The molecule has 2 N–H and O–H groups in total. The van der Waals surface area contributed by atoms with Crippen LogP contribution in [0.5, 0.6) is 0 Å². The molecule has 0 saturated heterocycles. The van der Waals surface area contributed by atoms with Crippen LogP contribution < -0.4 is 10.6 Å². The number of halogens is 3. The van der Waals surface area contributed by atoms with E-state index >= 15 is 0 Å². The normalized spacial score (nSPS) is 13.7.